The molecular formula is C21H13BrClFN4O. The van der Waals surface area contributed by atoms with Gasteiger partial charge in [0.1, 0.15) is 5.82 Å². The van der Waals surface area contributed by atoms with Crippen molar-refractivity contribution in [3.63, 3.8) is 0 Å². The lowest BCUT2D eigenvalue weighted by Crippen LogP contribution is -2.14. The molecule has 5 nitrogen and oxygen atoms in total. The number of hydrogen-bond donors (Lipinski definition) is 1. The van der Waals surface area contributed by atoms with Crippen LogP contribution in [0.25, 0.3) is 17.1 Å². The highest BCUT2D eigenvalue weighted by Gasteiger charge is 2.19. The second-order valence-electron chi connectivity index (χ2n) is 6.12. The smallest absolute Gasteiger partial charge is 0.295 e. The zero-order valence-corrected chi connectivity index (χ0v) is 17.2. The number of benzene rings is 3. The van der Waals surface area contributed by atoms with Crippen molar-refractivity contribution in [2.45, 2.75) is 0 Å². The Hall–Kier alpha value is -3.03. The van der Waals surface area contributed by atoms with Crippen LogP contribution < -0.4 is 5.32 Å². The van der Waals surface area contributed by atoms with E-state index in [1.165, 1.54) is 16.8 Å². The summed E-state index contributed by atoms with van der Waals surface area (Å²) in [6.07, 6.45) is 0. The SMILES string of the molecule is O=C(Nc1cccc(Br)c1)c1nc(-c2ccc(F)cc2)n(-c2ccc(Cl)cc2)n1. The average Bonchev–Trinajstić information content (AvgIpc) is 3.15. The summed E-state index contributed by atoms with van der Waals surface area (Å²) in [6.45, 7) is 0. The van der Waals surface area contributed by atoms with Gasteiger partial charge in [0.25, 0.3) is 5.91 Å². The van der Waals surface area contributed by atoms with E-state index in [1.54, 1.807) is 48.5 Å². The quantitative estimate of drug-likeness (QED) is 0.413. The number of carbonyl (C=O) groups excluding carboxylic acids is 1. The molecule has 0 saturated carbocycles. The molecule has 144 valence electrons. The van der Waals surface area contributed by atoms with Crippen molar-refractivity contribution in [2.75, 3.05) is 5.32 Å². The number of nitrogens with zero attached hydrogens (tertiary/aromatic N) is 3. The summed E-state index contributed by atoms with van der Waals surface area (Å²) >= 11 is 9.35. The maximum absolute atomic E-state index is 13.4. The number of hydrogen-bond acceptors (Lipinski definition) is 3. The summed E-state index contributed by atoms with van der Waals surface area (Å²) < 4.78 is 15.7. The van der Waals surface area contributed by atoms with E-state index < -0.39 is 5.91 Å². The highest BCUT2D eigenvalue weighted by atomic mass is 79.9. The number of nitrogens with one attached hydrogen (secondary N) is 1. The molecule has 4 aromatic rings. The van der Waals surface area contributed by atoms with E-state index in [9.17, 15) is 9.18 Å². The first kappa shape index (κ1) is 19.3. The number of halogens is 3. The van der Waals surface area contributed by atoms with Crippen LogP contribution in [0.5, 0.6) is 0 Å². The van der Waals surface area contributed by atoms with Crippen molar-refractivity contribution in [3.05, 3.63) is 93.9 Å². The minimum Gasteiger partial charge on any atom is -0.319 e. The maximum atomic E-state index is 13.4. The second-order valence-corrected chi connectivity index (χ2v) is 7.47. The summed E-state index contributed by atoms with van der Waals surface area (Å²) in [4.78, 5) is 17.1. The minimum atomic E-state index is -0.459. The molecule has 1 aromatic heterocycles. The molecule has 1 heterocycles. The van der Waals surface area contributed by atoms with Gasteiger partial charge in [-0.05, 0) is 66.7 Å². The third-order valence-electron chi connectivity index (χ3n) is 4.07. The Kier molecular flexibility index (Phi) is 5.42. The Bertz CT molecular complexity index is 1110. The first-order valence-corrected chi connectivity index (χ1v) is 9.72. The third kappa shape index (κ3) is 4.36. The van der Waals surface area contributed by atoms with Gasteiger partial charge in [-0.25, -0.2) is 14.1 Å². The van der Waals surface area contributed by atoms with E-state index in [0.717, 1.165) is 4.47 Å². The van der Waals surface area contributed by atoms with Gasteiger partial charge in [0.05, 0.1) is 5.69 Å². The molecule has 4 rings (SSSR count). The Morgan fingerprint density at radius 3 is 2.45 bits per heavy atom. The number of carbonyl (C=O) groups is 1. The Labute approximate surface area is 179 Å². The second kappa shape index (κ2) is 8.14. The van der Waals surface area contributed by atoms with E-state index in [4.69, 9.17) is 11.6 Å². The molecule has 3 aromatic carbocycles. The predicted molar refractivity (Wildman–Crippen MR) is 114 cm³/mol. The third-order valence-corrected chi connectivity index (χ3v) is 4.81. The van der Waals surface area contributed by atoms with Crippen LogP contribution >= 0.6 is 27.5 Å². The van der Waals surface area contributed by atoms with E-state index in [-0.39, 0.29) is 11.6 Å². The molecule has 0 bridgehead atoms. The van der Waals surface area contributed by atoms with Crippen LogP contribution in [-0.4, -0.2) is 20.7 Å². The van der Waals surface area contributed by atoms with E-state index in [0.29, 0.717) is 27.8 Å². The lowest BCUT2D eigenvalue weighted by Gasteiger charge is -2.06. The van der Waals surface area contributed by atoms with Gasteiger partial charge in [-0.3, -0.25) is 4.79 Å². The van der Waals surface area contributed by atoms with E-state index in [1.807, 2.05) is 12.1 Å². The minimum absolute atomic E-state index is 0.0146. The van der Waals surface area contributed by atoms with E-state index >= 15 is 0 Å². The molecule has 0 aliphatic rings. The molecule has 1 amide bonds. The normalized spacial score (nSPS) is 10.7. The number of amides is 1. The largest absolute Gasteiger partial charge is 0.319 e. The van der Waals surface area contributed by atoms with Gasteiger partial charge in [-0.15, -0.1) is 5.10 Å². The molecule has 29 heavy (non-hydrogen) atoms. The van der Waals surface area contributed by atoms with Crippen LogP contribution in [0.4, 0.5) is 10.1 Å². The van der Waals surface area contributed by atoms with Crippen LogP contribution in [0.15, 0.2) is 77.3 Å². The van der Waals surface area contributed by atoms with Gasteiger partial charge in [0, 0.05) is 20.7 Å². The van der Waals surface area contributed by atoms with Crippen molar-refractivity contribution in [1.29, 1.82) is 0 Å². The van der Waals surface area contributed by atoms with E-state index in [2.05, 4.69) is 31.3 Å². The van der Waals surface area contributed by atoms with Crippen molar-refractivity contribution < 1.29 is 9.18 Å². The molecule has 0 saturated heterocycles. The zero-order valence-electron chi connectivity index (χ0n) is 14.8. The van der Waals surface area contributed by atoms with Crippen molar-refractivity contribution in [2.24, 2.45) is 0 Å². The van der Waals surface area contributed by atoms with Crippen LogP contribution in [-0.2, 0) is 0 Å². The number of rotatable bonds is 4. The monoisotopic (exact) mass is 470 g/mol. The summed E-state index contributed by atoms with van der Waals surface area (Å²) in [5.41, 5.74) is 1.90. The van der Waals surface area contributed by atoms with Crippen molar-refractivity contribution in [1.82, 2.24) is 14.8 Å². The molecule has 0 unspecified atom stereocenters. The van der Waals surface area contributed by atoms with Crippen molar-refractivity contribution in [3.8, 4) is 17.1 Å². The first-order chi connectivity index (χ1) is 14.0. The molecule has 0 atom stereocenters. The molecule has 0 aliphatic heterocycles. The molecule has 0 aliphatic carbocycles. The number of anilines is 1. The van der Waals surface area contributed by atoms with Gasteiger partial charge in [0.2, 0.25) is 5.82 Å². The molecule has 8 heteroatoms. The lowest BCUT2D eigenvalue weighted by molar-refractivity contribution is 0.101. The Morgan fingerprint density at radius 1 is 1.03 bits per heavy atom. The maximum Gasteiger partial charge on any atom is 0.295 e. The molecule has 1 N–H and O–H groups in total. The molecule has 0 radical (unpaired) electrons. The zero-order chi connectivity index (χ0) is 20.4. The van der Waals surface area contributed by atoms with Gasteiger partial charge < -0.3 is 5.32 Å². The van der Waals surface area contributed by atoms with Crippen molar-refractivity contribution >= 4 is 39.1 Å². The predicted octanol–water partition coefficient (Wildman–Crippen LogP) is 5.74. The van der Waals surface area contributed by atoms with Gasteiger partial charge in [-0.2, -0.15) is 0 Å². The standard InChI is InChI=1S/C21H13BrClFN4O/c22-14-2-1-3-17(12-14)25-21(29)19-26-20(13-4-8-16(24)9-5-13)28(27-19)18-10-6-15(23)7-11-18/h1-12H,(H,25,29). The van der Waals surface area contributed by atoms with Crippen LogP contribution in [0.3, 0.4) is 0 Å². The molecular weight excluding hydrogens is 459 g/mol. The first-order valence-electron chi connectivity index (χ1n) is 8.55. The Morgan fingerprint density at radius 2 is 1.76 bits per heavy atom. The fourth-order valence-corrected chi connectivity index (χ4v) is 3.23. The molecule has 0 spiro atoms. The summed E-state index contributed by atoms with van der Waals surface area (Å²) in [7, 11) is 0. The molecule has 0 fully saturated rings. The van der Waals surface area contributed by atoms with Gasteiger partial charge in [-0.1, -0.05) is 33.6 Å². The van der Waals surface area contributed by atoms with Crippen LogP contribution in [0.2, 0.25) is 5.02 Å². The lowest BCUT2D eigenvalue weighted by atomic mass is 10.2. The van der Waals surface area contributed by atoms with Gasteiger partial charge in [0.15, 0.2) is 5.82 Å². The topological polar surface area (TPSA) is 59.8 Å². The highest BCUT2D eigenvalue weighted by molar-refractivity contribution is 9.10. The summed E-state index contributed by atoms with van der Waals surface area (Å²) in [6, 6.07) is 20.0. The van der Waals surface area contributed by atoms with Crippen LogP contribution in [0, 0.1) is 5.82 Å². The average molecular weight is 472 g/mol. The van der Waals surface area contributed by atoms with Gasteiger partial charge >= 0.3 is 0 Å². The van der Waals surface area contributed by atoms with Crippen LogP contribution in [0.1, 0.15) is 10.6 Å². The fourth-order valence-electron chi connectivity index (χ4n) is 2.71. The summed E-state index contributed by atoms with van der Waals surface area (Å²) in [5.74, 6) is -0.427. The number of aromatic nitrogens is 3. The summed E-state index contributed by atoms with van der Waals surface area (Å²) in [5, 5.41) is 7.72. The highest BCUT2D eigenvalue weighted by Crippen LogP contribution is 2.23. The Balaban J connectivity index is 1.75. The fraction of sp³-hybridized carbons (Fsp3) is 0.